The fourth-order valence-corrected chi connectivity index (χ4v) is 2.85. The molecule has 0 bridgehead atoms. The lowest BCUT2D eigenvalue weighted by atomic mass is 9.99. The molecule has 0 aliphatic carbocycles. The predicted octanol–water partition coefficient (Wildman–Crippen LogP) is 2.57. The van der Waals surface area contributed by atoms with Crippen molar-refractivity contribution in [3.63, 3.8) is 0 Å². The van der Waals surface area contributed by atoms with Gasteiger partial charge in [0, 0.05) is 18.1 Å². The molecule has 1 atom stereocenters. The molecule has 6 heteroatoms. The SMILES string of the molecule is O=C(CN[C@H](c1ccccc1)c1ccc(Cl)cc1)N1CCNC1=O. The molecule has 0 aromatic heterocycles. The van der Waals surface area contributed by atoms with Crippen LogP contribution in [-0.2, 0) is 4.79 Å². The lowest BCUT2D eigenvalue weighted by Crippen LogP contribution is -2.41. The maximum absolute atomic E-state index is 12.3. The highest BCUT2D eigenvalue weighted by atomic mass is 35.5. The second-order valence-corrected chi connectivity index (χ2v) is 5.99. The second-order valence-electron chi connectivity index (χ2n) is 5.55. The third-order valence-corrected chi connectivity index (χ3v) is 4.20. The van der Waals surface area contributed by atoms with Crippen LogP contribution >= 0.6 is 11.6 Å². The average molecular weight is 344 g/mol. The molecule has 3 rings (SSSR count). The summed E-state index contributed by atoms with van der Waals surface area (Å²) < 4.78 is 0. The molecule has 2 N–H and O–H groups in total. The molecule has 3 amide bonds. The molecule has 1 saturated heterocycles. The molecular weight excluding hydrogens is 326 g/mol. The van der Waals surface area contributed by atoms with Crippen molar-refractivity contribution in [3.05, 3.63) is 70.7 Å². The highest BCUT2D eigenvalue weighted by Crippen LogP contribution is 2.23. The van der Waals surface area contributed by atoms with Crippen molar-refractivity contribution >= 4 is 23.5 Å². The number of carbonyl (C=O) groups excluding carboxylic acids is 2. The molecule has 1 heterocycles. The standard InChI is InChI=1S/C18H18ClN3O2/c19-15-8-6-14(7-9-15)17(13-4-2-1-3-5-13)21-12-16(23)22-11-10-20-18(22)24/h1-9,17,21H,10-12H2,(H,20,24)/t17-/m1/s1. The van der Waals surface area contributed by atoms with Gasteiger partial charge in [0.15, 0.2) is 0 Å². The van der Waals surface area contributed by atoms with Gasteiger partial charge in [0.1, 0.15) is 0 Å². The Hall–Kier alpha value is -2.37. The van der Waals surface area contributed by atoms with Gasteiger partial charge in [-0.15, -0.1) is 0 Å². The van der Waals surface area contributed by atoms with E-state index in [1.54, 1.807) is 0 Å². The van der Waals surface area contributed by atoms with Crippen LogP contribution in [0.2, 0.25) is 5.02 Å². The molecule has 124 valence electrons. The van der Waals surface area contributed by atoms with Gasteiger partial charge in [-0.3, -0.25) is 15.0 Å². The molecule has 1 fully saturated rings. The van der Waals surface area contributed by atoms with Crippen molar-refractivity contribution in [2.24, 2.45) is 0 Å². The number of halogens is 1. The zero-order valence-corrected chi connectivity index (χ0v) is 13.8. The van der Waals surface area contributed by atoms with Crippen molar-refractivity contribution in [2.75, 3.05) is 19.6 Å². The Bertz CT molecular complexity index is 719. The molecule has 1 aliphatic rings. The van der Waals surface area contributed by atoms with Gasteiger partial charge in [0.25, 0.3) is 0 Å². The molecule has 1 aliphatic heterocycles. The van der Waals surface area contributed by atoms with Gasteiger partial charge in [0.05, 0.1) is 12.6 Å². The number of imide groups is 1. The minimum absolute atomic E-state index is 0.0790. The first-order chi connectivity index (χ1) is 11.6. The van der Waals surface area contributed by atoms with Crippen molar-refractivity contribution in [3.8, 4) is 0 Å². The Labute approximate surface area is 145 Å². The fraction of sp³-hybridized carbons (Fsp3) is 0.222. The molecule has 0 saturated carbocycles. The van der Waals surface area contributed by atoms with Gasteiger partial charge in [-0.25, -0.2) is 4.79 Å². The number of carbonyl (C=O) groups is 2. The van der Waals surface area contributed by atoms with Gasteiger partial charge in [-0.05, 0) is 23.3 Å². The lowest BCUT2D eigenvalue weighted by Gasteiger charge is -2.21. The first kappa shape index (κ1) is 16.5. The van der Waals surface area contributed by atoms with E-state index in [2.05, 4.69) is 10.6 Å². The van der Waals surface area contributed by atoms with Crippen LogP contribution in [0.1, 0.15) is 17.2 Å². The monoisotopic (exact) mass is 343 g/mol. The van der Waals surface area contributed by atoms with Crippen LogP contribution in [0.25, 0.3) is 0 Å². The Kier molecular flexibility index (Phi) is 5.13. The number of amides is 3. The van der Waals surface area contributed by atoms with E-state index in [1.807, 2.05) is 54.6 Å². The van der Waals surface area contributed by atoms with Crippen LogP contribution in [-0.4, -0.2) is 36.5 Å². The number of urea groups is 1. The zero-order chi connectivity index (χ0) is 16.9. The Morgan fingerprint density at radius 1 is 1.12 bits per heavy atom. The van der Waals surface area contributed by atoms with Gasteiger partial charge in [-0.2, -0.15) is 0 Å². The summed E-state index contributed by atoms with van der Waals surface area (Å²) in [7, 11) is 0. The topological polar surface area (TPSA) is 61.4 Å². The van der Waals surface area contributed by atoms with Gasteiger partial charge < -0.3 is 5.32 Å². The first-order valence-corrected chi connectivity index (χ1v) is 8.15. The lowest BCUT2D eigenvalue weighted by molar-refractivity contribution is -0.126. The third-order valence-electron chi connectivity index (χ3n) is 3.95. The summed E-state index contributed by atoms with van der Waals surface area (Å²) in [5.74, 6) is -0.236. The second kappa shape index (κ2) is 7.47. The summed E-state index contributed by atoms with van der Waals surface area (Å²) in [4.78, 5) is 25.1. The first-order valence-electron chi connectivity index (χ1n) is 7.77. The number of hydrogen-bond acceptors (Lipinski definition) is 3. The van der Waals surface area contributed by atoms with E-state index in [0.29, 0.717) is 18.1 Å². The molecule has 24 heavy (non-hydrogen) atoms. The van der Waals surface area contributed by atoms with E-state index in [0.717, 1.165) is 11.1 Å². The molecule has 2 aromatic rings. The molecule has 0 radical (unpaired) electrons. The van der Waals surface area contributed by atoms with Gasteiger partial charge in [-0.1, -0.05) is 54.1 Å². The van der Waals surface area contributed by atoms with Crippen molar-refractivity contribution in [2.45, 2.75) is 6.04 Å². The molecule has 2 aromatic carbocycles. The summed E-state index contributed by atoms with van der Waals surface area (Å²) in [5.41, 5.74) is 2.04. The summed E-state index contributed by atoms with van der Waals surface area (Å²) in [6.07, 6.45) is 0. The third kappa shape index (κ3) is 3.75. The summed E-state index contributed by atoms with van der Waals surface area (Å²) in [5, 5.41) is 6.55. The van der Waals surface area contributed by atoms with Crippen LogP contribution in [0.4, 0.5) is 4.79 Å². The summed E-state index contributed by atoms with van der Waals surface area (Å²) >= 11 is 5.97. The molecular formula is C18H18ClN3O2. The summed E-state index contributed by atoms with van der Waals surface area (Å²) in [6.45, 7) is 0.996. The quantitative estimate of drug-likeness (QED) is 0.877. The molecule has 0 spiro atoms. The minimum Gasteiger partial charge on any atom is -0.336 e. The average Bonchev–Trinajstić information content (AvgIpc) is 3.03. The largest absolute Gasteiger partial charge is 0.336 e. The molecule has 5 nitrogen and oxygen atoms in total. The number of rotatable bonds is 5. The maximum atomic E-state index is 12.3. The number of nitrogens with one attached hydrogen (secondary N) is 2. The fourth-order valence-electron chi connectivity index (χ4n) is 2.72. The number of benzene rings is 2. The van der Waals surface area contributed by atoms with E-state index in [1.165, 1.54) is 4.90 Å². The highest BCUT2D eigenvalue weighted by Gasteiger charge is 2.26. The predicted molar refractivity (Wildman–Crippen MR) is 92.9 cm³/mol. The van der Waals surface area contributed by atoms with Crippen LogP contribution < -0.4 is 10.6 Å². The van der Waals surface area contributed by atoms with Gasteiger partial charge >= 0.3 is 6.03 Å². The van der Waals surface area contributed by atoms with Crippen molar-refractivity contribution in [1.82, 2.24) is 15.5 Å². The Balaban J connectivity index is 1.76. The number of hydrogen-bond donors (Lipinski definition) is 2. The van der Waals surface area contributed by atoms with Crippen LogP contribution in [0.15, 0.2) is 54.6 Å². The van der Waals surface area contributed by atoms with Crippen LogP contribution in [0.3, 0.4) is 0 Å². The van der Waals surface area contributed by atoms with E-state index < -0.39 is 0 Å². The van der Waals surface area contributed by atoms with E-state index in [-0.39, 0.29) is 24.5 Å². The van der Waals surface area contributed by atoms with E-state index >= 15 is 0 Å². The van der Waals surface area contributed by atoms with E-state index in [4.69, 9.17) is 11.6 Å². The normalized spacial score (nSPS) is 15.2. The minimum atomic E-state index is -0.329. The van der Waals surface area contributed by atoms with Crippen LogP contribution in [0, 0.1) is 0 Å². The maximum Gasteiger partial charge on any atom is 0.324 e. The molecule has 0 unspecified atom stereocenters. The zero-order valence-electron chi connectivity index (χ0n) is 13.0. The smallest absolute Gasteiger partial charge is 0.324 e. The summed E-state index contributed by atoms with van der Waals surface area (Å²) in [6, 6.07) is 16.9. The van der Waals surface area contributed by atoms with E-state index in [9.17, 15) is 9.59 Å². The van der Waals surface area contributed by atoms with Crippen molar-refractivity contribution < 1.29 is 9.59 Å². The van der Waals surface area contributed by atoms with Gasteiger partial charge in [0.2, 0.25) is 5.91 Å². The van der Waals surface area contributed by atoms with Crippen molar-refractivity contribution in [1.29, 1.82) is 0 Å². The number of nitrogens with zero attached hydrogens (tertiary/aromatic N) is 1. The Morgan fingerprint density at radius 3 is 2.42 bits per heavy atom. The Morgan fingerprint density at radius 2 is 1.79 bits per heavy atom. The highest BCUT2D eigenvalue weighted by molar-refractivity contribution is 6.30. The van der Waals surface area contributed by atoms with Crippen LogP contribution in [0.5, 0.6) is 0 Å².